The van der Waals surface area contributed by atoms with Crippen LogP contribution in [0.2, 0.25) is 0 Å². The molecular weight excluding hydrogens is 505 g/mol. The van der Waals surface area contributed by atoms with Gasteiger partial charge in [0.25, 0.3) is 11.8 Å². The summed E-state index contributed by atoms with van der Waals surface area (Å²) in [5.74, 6) is -0.304. The summed E-state index contributed by atoms with van der Waals surface area (Å²) in [5.41, 5.74) is -0.234. The van der Waals surface area contributed by atoms with Crippen LogP contribution in [0.25, 0.3) is 11.0 Å². The third-order valence-corrected chi connectivity index (χ3v) is 7.02. The Kier molecular flexibility index (Phi) is 5.44. The van der Waals surface area contributed by atoms with Crippen LogP contribution in [0.15, 0.2) is 34.9 Å². The van der Waals surface area contributed by atoms with E-state index in [2.05, 4.69) is 35.8 Å². The lowest BCUT2D eigenvalue weighted by molar-refractivity contribution is -0.141. The highest BCUT2D eigenvalue weighted by atomic mass is 79.9. The van der Waals surface area contributed by atoms with Crippen LogP contribution in [0.4, 0.5) is 13.2 Å². The minimum absolute atomic E-state index is 0.0139. The molecule has 0 atom stereocenters. The molecule has 5 heterocycles. The number of carbonyl (C=O) groups is 2. The summed E-state index contributed by atoms with van der Waals surface area (Å²) in [6.07, 6.45) is -2.84. The number of fused-ring (bicyclic) bond motifs is 1. The van der Waals surface area contributed by atoms with E-state index in [1.165, 1.54) is 6.07 Å². The molecule has 0 unspecified atom stereocenters. The number of carbonyl (C=O) groups excluding carboxylic acids is 2. The molecule has 2 amide bonds. The number of hydrogen-bond acceptors (Lipinski definition) is 4. The molecule has 2 aliphatic heterocycles. The van der Waals surface area contributed by atoms with Crippen molar-refractivity contribution in [3.8, 4) is 0 Å². The van der Waals surface area contributed by atoms with Gasteiger partial charge in [0.15, 0.2) is 0 Å². The van der Waals surface area contributed by atoms with Gasteiger partial charge in [-0.15, -0.1) is 0 Å². The monoisotopic (exact) mass is 524 g/mol. The fourth-order valence-corrected chi connectivity index (χ4v) is 4.87. The first-order valence-corrected chi connectivity index (χ1v) is 11.2. The number of aromatic amines is 2. The molecule has 3 aromatic rings. The number of rotatable bonds is 3. The van der Waals surface area contributed by atoms with E-state index < -0.39 is 11.9 Å². The first kappa shape index (κ1) is 22.0. The summed E-state index contributed by atoms with van der Waals surface area (Å²) >= 11 is 3.33. The Hall–Kier alpha value is -2.86. The summed E-state index contributed by atoms with van der Waals surface area (Å²) in [4.78, 5) is 40.4. The van der Waals surface area contributed by atoms with Crippen molar-refractivity contribution in [2.45, 2.75) is 12.2 Å². The van der Waals surface area contributed by atoms with E-state index in [1.54, 1.807) is 23.2 Å². The van der Waals surface area contributed by atoms with Crippen molar-refractivity contribution in [1.29, 1.82) is 0 Å². The number of hydrogen-bond donors (Lipinski definition) is 2. The Labute approximate surface area is 194 Å². The standard InChI is InChI=1S/C21H20BrF3N6O2/c22-16-13-3-4-15(21(23,24)25)27-18(13)28-17(16)20(33)31-10-12(11-31)29-6-8-30(9-7-29)19(32)14-2-1-5-26-14/h1-5,12,26H,6-11H2,(H,27,28). The van der Waals surface area contributed by atoms with Crippen LogP contribution in [0.1, 0.15) is 26.7 Å². The van der Waals surface area contributed by atoms with Gasteiger partial charge < -0.3 is 19.8 Å². The number of nitrogens with one attached hydrogen (secondary N) is 2. The molecule has 0 aromatic carbocycles. The summed E-state index contributed by atoms with van der Waals surface area (Å²) in [6.45, 7) is 3.71. The topological polar surface area (TPSA) is 88.3 Å². The number of pyridine rings is 1. The van der Waals surface area contributed by atoms with Crippen LogP contribution in [0.3, 0.4) is 0 Å². The zero-order valence-electron chi connectivity index (χ0n) is 17.3. The van der Waals surface area contributed by atoms with Crippen LogP contribution in [0.5, 0.6) is 0 Å². The van der Waals surface area contributed by atoms with Crippen molar-refractivity contribution in [2.24, 2.45) is 0 Å². The highest BCUT2D eigenvalue weighted by molar-refractivity contribution is 9.10. The van der Waals surface area contributed by atoms with Crippen molar-refractivity contribution >= 4 is 38.8 Å². The largest absolute Gasteiger partial charge is 0.433 e. The summed E-state index contributed by atoms with van der Waals surface area (Å²) in [7, 11) is 0. The quantitative estimate of drug-likeness (QED) is 0.551. The minimum Gasteiger partial charge on any atom is -0.357 e. The number of piperazine rings is 1. The Morgan fingerprint density at radius 2 is 1.76 bits per heavy atom. The second kappa shape index (κ2) is 8.17. The fourth-order valence-electron chi connectivity index (χ4n) is 4.28. The van der Waals surface area contributed by atoms with E-state index in [9.17, 15) is 22.8 Å². The predicted molar refractivity (Wildman–Crippen MR) is 117 cm³/mol. The van der Waals surface area contributed by atoms with E-state index in [0.29, 0.717) is 41.7 Å². The van der Waals surface area contributed by atoms with E-state index in [1.807, 2.05) is 4.90 Å². The summed E-state index contributed by atoms with van der Waals surface area (Å²) in [5, 5.41) is 0.422. The molecule has 0 aliphatic carbocycles. The third kappa shape index (κ3) is 4.01. The maximum atomic E-state index is 12.9. The van der Waals surface area contributed by atoms with Gasteiger partial charge in [0.2, 0.25) is 0 Å². The van der Waals surface area contributed by atoms with Crippen molar-refractivity contribution in [3.63, 3.8) is 0 Å². The lowest BCUT2D eigenvalue weighted by atomic mass is 10.1. The molecule has 174 valence electrons. The van der Waals surface area contributed by atoms with Crippen molar-refractivity contribution in [1.82, 2.24) is 29.7 Å². The molecule has 2 fully saturated rings. The van der Waals surface area contributed by atoms with Gasteiger partial charge in [-0.2, -0.15) is 13.2 Å². The Morgan fingerprint density at radius 3 is 2.39 bits per heavy atom. The Balaban J connectivity index is 1.19. The van der Waals surface area contributed by atoms with Gasteiger partial charge in [-0.05, 0) is 40.2 Å². The molecule has 0 radical (unpaired) electrons. The van der Waals surface area contributed by atoms with E-state index >= 15 is 0 Å². The van der Waals surface area contributed by atoms with Crippen molar-refractivity contribution in [2.75, 3.05) is 39.3 Å². The van der Waals surface area contributed by atoms with Gasteiger partial charge in [-0.25, -0.2) is 4.98 Å². The number of aromatic nitrogens is 3. The van der Waals surface area contributed by atoms with Crippen LogP contribution in [0, 0.1) is 0 Å². The van der Waals surface area contributed by atoms with Crippen LogP contribution >= 0.6 is 15.9 Å². The molecule has 5 rings (SSSR count). The first-order valence-electron chi connectivity index (χ1n) is 10.4. The number of H-pyrrole nitrogens is 2. The minimum atomic E-state index is -4.56. The molecule has 2 N–H and O–H groups in total. The number of amides is 2. The van der Waals surface area contributed by atoms with Gasteiger partial charge in [0.05, 0.1) is 4.47 Å². The smallest absolute Gasteiger partial charge is 0.357 e. The van der Waals surface area contributed by atoms with Gasteiger partial charge in [0.1, 0.15) is 22.7 Å². The molecule has 2 aliphatic rings. The van der Waals surface area contributed by atoms with Gasteiger partial charge in [0, 0.05) is 56.9 Å². The molecule has 0 bridgehead atoms. The third-order valence-electron chi connectivity index (χ3n) is 6.19. The molecule has 0 saturated carbocycles. The van der Waals surface area contributed by atoms with Gasteiger partial charge in [-0.3, -0.25) is 14.5 Å². The van der Waals surface area contributed by atoms with E-state index in [-0.39, 0.29) is 29.2 Å². The van der Waals surface area contributed by atoms with E-state index in [0.717, 1.165) is 19.2 Å². The summed E-state index contributed by atoms with van der Waals surface area (Å²) in [6, 6.07) is 5.94. The maximum Gasteiger partial charge on any atom is 0.433 e. The lowest BCUT2D eigenvalue weighted by Crippen LogP contribution is -2.64. The zero-order chi connectivity index (χ0) is 23.3. The van der Waals surface area contributed by atoms with E-state index in [4.69, 9.17) is 0 Å². The second-order valence-electron chi connectivity index (χ2n) is 8.18. The number of nitrogens with zero attached hydrogens (tertiary/aromatic N) is 4. The van der Waals surface area contributed by atoms with Crippen LogP contribution < -0.4 is 0 Å². The maximum absolute atomic E-state index is 12.9. The molecular formula is C21H20BrF3N6O2. The lowest BCUT2D eigenvalue weighted by Gasteiger charge is -2.48. The average Bonchev–Trinajstić information content (AvgIpc) is 3.40. The Bertz CT molecular complexity index is 1190. The van der Waals surface area contributed by atoms with Gasteiger partial charge in [-0.1, -0.05) is 0 Å². The van der Waals surface area contributed by atoms with Crippen LogP contribution in [-0.2, 0) is 6.18 Å². The molecule has 33 heavy (non-hydrogen) atoms. The number of halogens is 4. The molecule has 3 aromatic heterocycles. The Morgan fingerprint density at radius 1 is 1.03 bits per heavy atom. The highest BCUT2D eigenvalue weighted by Gasteiger charge is 2.38. The number of likely N-dealkylation sites (tertiary alicyclic amines) is 1. The molecule has 2 saturated heterocycles. The first-order chi connectivity index (χ1) is 15.7. The zero-order valence-corrected chi connectivity index (χ0v) is 18.9. The summed E-state index contributed by atoms with van der Waals surface area (Å²) < 4.78 is 39.2. The average molecular weight is 525 g/mol. The number of alkyl halides is 3. The molecule has 0 spiro atoms. The molecule has 8 nitrogen and oxygen atoms in total. The highest BCUT2D eigenvalue weighted by Crippen LogP contribution is 2.33. The SMILES string of the molecule is O=C(c1ccc[nH]1)N1CCN(C2CN(C(=O)c3[nH]c4nc(C(F)(F)F)ccc4c3Br)C2)CC1. The predicted octanol–water partition coefficient (Wildman–Crippen LogP) is 2.95. The fraction of sp³-hybridized carbons (Fsp3) is 0.381. The van der Waals surface area contributed by atoms with Gasteiger partial charge >= 0.3 is 6.18 Å². The molecule has 12 heteroatoms. The van der Waals surface area contributed by atoms with Crippen molar-refractivity contribution in [3.05, 3.63) is 52.0 Å². The van der Waals surface area contributed by atoms with Crippen molar-refractivity contribution < 1.29 is 22.8 Å². The second-order valence-corrected chi connectivity index (χ2v) is 8.97. The normalized spacial score (nSPS) is 18.1. The van der Waals surface area contributed by atoms with Crippen LogP contribution in [-0.4, -0.2) is 86.8 Å².